The second-order valence-corrected chi connectivity index (χ2v) is 3.93. The lowest BCUT2D eigenvalue weighted by molar-refractivity contribution is 0.0874. The average molecular weight is 185 g/mol. The Morgan fingerprint density at radius 1 is 1.69 bits per heavy atom. The Labute approximate surface area is 78.2 Å². The number of halogens is 1. The predicted molar refractivity (Wildman–Crippen MR) is 49.2 cm³/mol. The molecule has 0 aromatic heterocycles. The Hall–Kier alpha value is -0.570. The van der Waals surface area contributed by atoms with Gasteiger partial charge in [0.15, 0.2) is 5.67 Å². The van der Waals surface area contributed by atoms with Gasteiger partial charge < -0.3 is 10.1 Å². The minimum atomic E-state index is -1.31. The summed E-state index contributed by atoms with van der Waals surface area (Å²) in [5.74, 6) is 0.534. The van der Waals surface area contributed by atoms with Crippen LogP contribution in [0.2, 0.25) is 0 Å². The van der Waals surface area contributed by atoms with Gasteiger partial charge in [-0.3, -0.25) is 0 Å². The summed E-state index contributed by atoms with van der Waals surface area (Å²) < 4.78 is 19.5. The highest BCUT2D eigenvalue weighted by molar-refractivity contribution is 5.16. The van der Waals surface area contributed by atoms with Gasteiger partial charge in [-0.1, -0.05) is 0 Å². The highest BCUT2D eigenvalue weighted by Gasteiger charge is 2.41. The fourth-order valence-electron chi connectivity index (χ4n) is 2.08. The van der Waals surface area contributed by atoms with Gasteiger partial charge in [-0.25, -0.2) is 4.39 Å². The van der Waals surface area contributed by atoms with E-state index in [9.17, 15) is 4.39 Å². The molecule has 0 bridgehead atoms. The van der Waals surface area contributed by atoms with Crippen LogP contribution in [0.15, 0.2) is 11.8 Å². The number of nitrogens with one attached hydrogen (secondary N) is 1. The first-order valence-electron chi connectivity index (χ1n) is 4.97. The number of hydrogen-bond donors (Lipinski definition) is 1. The summed E-state index contributed by atoms with van der Waals surface area (Å²) in [6.45, 7) is 3.19. The molecule has 2 unspecified atom stereocenters. The van der Waals surface area contributed by atoms with Crippen molar-refractivity contribution in [3.63, 3.8) is 0 Å². The third-order valence-corrected chi connectivity index (χ3v) is 2.90. The quantitative estimate of drug-likeness (QED) is 0.708. The molecular weight excluding hydrogens is 169 g/mol. The van der Waals surface area contributed by atoms with Crippen molar-refractivity contribution in [2.24, 2.45) is 0 Å². The molecule has 1 N–H and O–H groups in total. The van der Waals surface area contributed by atoms with Crippen LogP contribution in [0.5, 0.6) is 0 Å². The molecule has 0 aromatic carbocycles. The topological polar surface area (TPSA) is 21.3 Å². The van der Waals surface area contributed by atoms with Gasteiger partial charge in [-0.05, 0) is 32.4 Å². The molecule has 0 aromatic rings. The van der Waals surface area contributed by atoms with Gasteiger partial charge in [0.25, 0.3) is 0 Å². The summed E-state index contributed by atoms with van der Waals surface area (Å²) in [5, 5.41) is 3.18. The molecule has 1 saturated heterocycles. The summed E-state index contributed by atoms with van der Waals surface area (Å²) >= 11 is 0. The highest BCUT2D eigenvalue weighted by Crippen LogP contribution is 2.33. The molecule has 2 aliphatic heterocycles. The second kappa shape index (κ2) is 3.29. The minimum Gasteiger partial charge on any atom is -0.494 e. The van der Waals surface area contributed by atoms with Crippen LogP contribution in [0, 0.1) is 0 Å². The Bertz CT molecular complexity index is 219. The zero-order chi connectivity index (χ0) is 9.31. The van der Waals surface area contributed by atoms with Crippen LogP contribution in [-0.4, -0.2) is 24.9 Å². The molecule has 0 spiro atoms. The van der Waals surface area contributed by atoms with Gasteiger partial charge in [-0.2, -0.15) is 0 Å². The van der Waals surface area contributed by atoms with Gasteiger partial charge >= 0.3 is 0 Å². The second-order valence-electron chi connectivity index (χ2n) is 3.93. The van der Waals surface area contributed by atoms with Crippen LogP contribution in [0.4, 0.5) is 4.39 Å². The summed E-state index contributed by atoms with van der Waals surface area (Å²) in [6.07, 6.45) is 4.70. The summed E-state index contributed by atoms with van der Waals surface area (Å²) in [7, 11) is 0. The number of alkyl halides is 1. The molecule has 2 aliphatic rings. The van der Waals surface area contributed by atoms with Gasteiger partial charge in [-0.15, -0.1) is 0 Å². The van der Waals surface area contributed by atoms with Crippen LogP contribution in [0.1, 0.15) is 26.2 Å². The van der Waals surface area contributed by atoms with Crippen molar-refractivity contribution in [3.05, 3.63) is 11.8 Å². The molecule has 3 heteroatoms. The standard InChI is InChI=1S/C10H16FNO/c1-10(11,8-4-2-6-12-8)9-5-3-7-13-9/h5,8,12H,2-4,6-7H2,1H3. The molecule has 2 heterocycles. The Morgan fingerprint density at radius 2 is 2.54 bits per heavy atom. The van der Waals surface area contributed by atoms with Crippen LogP contribution >= 0.6 is 0 Å². The van der Waals surface area contributed by atoms with Gasteiger partial charge in [0.1, 0.15) is 5.76 Å². The van der Waals surface area contributed by atoms with Crippen molar-refractivity contribution >= 4 is 0 Å². The van der Waals surface area contributed by atoms with E-state index in [-0.39, 0.29) is 6.04 Å². The van der Waals surface area contributed by atoms with Gasteiger partial charge in [0, 0.05) is 12.5 Å². The van der Waals surface area contributed by atoms with E-state index >= 15 is 0 Å². The van der Waals surface area contributed by atoms with Crippen molar-refractivity contribution in [1.29, 1.82) is 0 Å². The maximum atomic E-state index is 14.2. The molecule has 0 radical (unpaired) electrons. The first kappa shape index (κ1) is 9.00. The molecule has 2 nitrogen and oxygen atoms in total. The lowest BCUT2D eigenvalue weighted by Gasteiger charge is -2.27. The average Bonchev–Trinajstić information content (AvgIpc) is 2.78. The smallest absolute Gasteiger partial charge is 0.179 e. The van der Waals surface area contributed by atoms with Crippen molar-refractivity contribution in [3.8, 4) is 0 Å². The lowest BCUT2D eigenvalue weighted by Crippen LogP contribution is -2.43. The van der Waals surface area contributed by atoms with Crippen molar-refractivity contribution in [2.45, 2.75) is 37.9 Å². The monoisotopic (exact) mass is 185 g/mol. The van der Waals surface area contributed by atoms with Crippen molar-refractivity contribution in [2.75, 3.05) is 13.2 Å². The number of ether oxygens (including phenoxy) is 1. The van der Waals surface area contributed by atoms with E-state index in [0.29, 0.717) is 12.4 Å². The largest absolute Gasteiger partial charge is 0.494 e. The number of hydrogen-bond acceptors (Lipinski definition) is 2. The van der Waals surface area contributed by atoms with E-state index in [2.05, 4.69) is 5.32 Å². The van der Waals surface area contributed by atoms with Crippen LogP contribution < -0.4 is 5.32 Å². The maximum absolute atomic E-state index is 14.2. The van der Waals surface area contributed by atoms with Crippen molar-refractivity contribution < 1.29 is 9.13 Å². The third-order valence-electron chi connectivity index (χ3n) is 2.90. The summed E-state index contributed by atoms with van der Waals surface area (Å²) in [4.78, 5) is 0. The molecule has 1 fully saturated rings. The third kappa shape index (κ3) is 1.57. The molecule has 0 aliphatic carbocycles. The molecule has 0 amide bonds. The Balaban J connectivity index is 2.08. The van der Waals surface area contributed by atoms with Crippen LogP contribution in [0.3, 0.4) is 0 Å². The van der Waals surface area contributed by atoms with E-state index in [1.807, 2.05) is 6.08 Å². The van der Waals surface area contributed by atoms with Gasteiger partial charge in [0.2, 0.25) is 0 Å². The van der Waals surface area contributed by atoms with Crippen molar-refractivity contribution in [1.82, 2.24) is 5.32 Å². The fraction of sp³-hybridized carbons (Fsp3) is 0.800. The molecule has 2 atom stereocenters. The molecule has 0 saturated carbocycles. The summed E-state index contributed by atoms with van der Waals surface area (Å²) in [5.41, 5.74) is -1.31. The van der Waals surface area contributed by atoms with E-state index in [4.69, 9.17) is 4.74 Å². The van der Waals surface area contributed by atoms with E-state index in [1.165, 1.54) is 0 Å². The summed E-state index contributed by atoms with van der Waals surface area (Å²) in [6, 6.07) is -0.0585. The lowest BCUT2D eigenvalue weighted by atomic mass is 9.94. The van der Waals surface area contributed by atoms with E-state index in [0.717, 1.165) is 25.8 Å². The fourth-order valence-corrected chi connectivity index (χ4v) is 2.08. The molecule has 13 heavy (non-hydrogen) atoms. The molecule has 74 valence electrons. The van der Waals surface area contributed by atoms with Gasteiger partial charge in [0.05, 0.1) is 6.61 Å². The molecular formula is C10H16FNO. The molecule has 2 rings (SSSR count). The normalized spacial score (nSPS) is 32.5. The predicted octanol–water partition coefficient (Wildman–Crippen LogP) is 1.77. The van der Waals surface area contributed by atoms with E-state index in [1.54, 1.807) is 6.92 Å². The first-order chi connectivity index (χ1) is 6.21. The zero-order valence-electron chi connectivity index (χ0n) is 7.98. The zero-order valence-corrected chi connectivity index (χ0v) is 7.98. The highest BCUT2D eigenvalue weighted by atomic mass is 19.1. The Morgan fingerprint density at radius 3 is 3.08 bits per heavy atom. The SMILES string of the molecule is CC(F)(C1=CCCO1)C1CCCN1. The van der Waals surface area contributed by atoms with Crippen LogP contribution in [-0.2, 0) is 4.74 Å². The Kier molecular flexibility index (Phi) is 2.28. The number of rotatable bonds is 2. The van der Waals surface area contributed by atoms with E-state index < -0.39 is 5.67 Å². The first-order valence-corrected chi connectivity index (χ1v) is 4.97. The maximum Gasteiger partial charge on any atom is 0.179 e. The van der Waals surface area contributed by atoms with Crippen LogP contribution in [0.25, 0.3) is 0 Å². The minimum absolute atomic E-state index is 0.0585.